The molecule has 1 aromatic rings. The van der Waals surface area contributed by atoms with Gasteiger partial charge < -0.3 is 5.11 Å². The van der Waals surface area contributed by atoms with E-state index >= 15 is 0 Å². The van der Waals surface area contributed by atoms with Crippen LogP contribution in [0.25, 0.3) is 0 Å². The molecule has 1 rings (SSSR count). The summed E-state index contributed by atoms with van der Waals surface area (Å²) in [5.41, 5.74) is 0.364. The van der Waals surface area contributed by atoms with Gasteiger partial charge >= 0.3 is 5.69 Å². The third-order valence-electron chi connectivity index (χ3n) is 1.75. The zero-order chi connectivity index (χ0) is 10.7. The Hall–Kier alpha value is -0.885. The first-order valence-electron chi connectivity index (χ1n) is 4.06. The summed E-state index contributed by atoms with van der Waals surface area (Å²) in [5.74, 6) is 0. The fourth-order valence-electron chi connectivity index (χ4n) is 1.12. The zero-order valence-corrected chi connectivity index (χ0v) is 9.19. The summed E-state index contributed by atoms with van der Waals surface area (Å²) < 4.78 is 1.83. The highest BCUT2D eigenvalue weighted by molar-refractivity contribution is 9.10. The standard InChI is InChI=1S/C6H9BBrN3O3/c7-5-4(11(13)14)6(8)10(9-5)2-1-3-12/h12H,1-3,7H2. The van der Waals surface area contributed by atoms with Crippen LogP contribution in [0.3, 0.4) is 0 Å². The van der Waals surface area contributed by atoms with E-state index in [0.717, 1.165) is 0 Å². The van der Waals surface area contributed by atoms with Gasteiger partial charge in [-0.05, 0) is 22.4 Å². The van der Waals surface area contributed by atoms with Crippen molar-refractivity contribution < 1.29 is 10.0 Å². The van der Waals surface area contributed by atoms with Gasteiger partial charge in [-0.3, -0.25) is 14.8 Å². The Morgan fingerprint density at radius 1 is 1.71 bits per heavy atom. The lowest BCUT2D eigenvalue weighted by Crippen LogP contribution is -2.11. The van der Waals surface area contributed by atoms with Crippen molar-refractivity contribution in [3.8, 4) is 0 Å². The van der Waals surface area contributed by atoms with Crippen molar-refractivity contribution in [3.63, 3.8) is 0 Å². The van der Waals surface area contributed by atoms with Crippen LogP contribution >= 0.6 is 15.9 Å². The Morgan fingerprint density at radius 3 is 2.79 bits per heavy atom. The van der Waals surface area contributed by atoms with Gasteiger partial charge in [0.15, 0.2) is 12.4 Å². The lowest BCUT2D eigenvalue weighted by Gasteiger charge is -1.99. The molecule has 0 spiro atoms. The number of nitrogens with zero attached hydrogens (tertiary/aromatic N) is 3. The Morgan fingerprint density at radius 2 is 2.36 bits per heavy atom. The Bertz CT molecular complexity index is 354. The smallest absolute Gasteiger partial charge is 0.314 e. The number of aryl methyl sites for hydroxylation is 1. The molecule has 0 bridgehead atoms. The molecule has 0 amide bonds. The molecule has 6 nitrogen and oxygen atoms in total. The number of halogens is 1. The summed E-state index contributed by atoms with van der Waals surface area (Å²) in [6.07, 6.45) is 0.525. The molecular formula is C6H9BBrN3O3. The van der Waals surface area contributed by atoms with Crippen LogP contribution in [0.2, 0.25) is 0 Å². The maximum atomic E-state index is 10.6. The molecule has 0 unspecified atom stereocenters. The largest absolute Gasteiger partial charge is 0.396 e. The van der Waals surface area contributed by atoms with Crippen LogP contribution in [0.15, 0.2) is 4.60 Å². The minimum atomic E-state index is -0.470. The maximum absolute atomic E-state index is 10.6. The number of hydrogen-bond acceptors (Lipinski definition) is 4. The van der Waals surface area contributed by atoms with Gasteiger partial charge in [-0.1, -0.05) is 0 Å². The summed E-state index contributed by atoms with van der Waals surface area (Å²) in [5, 5.41) is 23.2. The van der Waals surface area contributed by atoms with Crippen LogP contribution in [-0.4, -0.2) is 34.3 Å². The van der Waals surface area contributed by atoms with Crippen molar-refractivity contribution in [2.24, 2.45) is 0 Å². The van der Waals surface area contributed by atoms with Gasteiger partial charge in [0.05, 0.1) is 10.5 Å². The number of nitro groups is 1. The number of aromatic nitrogens is 2. The molecule has 14 heavy (non-hydrogen) atoms. The SMILES string of the molecule is Bc1nn(CCCO)c(Br)c1[N+](=O)[O-]. The minimum Gasteiger partial charge on any atom is -0.396 e. The van der Waals surface area contributed by atoms with Gasteiger partial charge in [0.2, 0.25) is 0 Å². The summed E-state index contributed by atoms with van der Waals surface area (Å²) in [7, 11) is 1.58. The topological polar surface area (TPSA) is 81.2 Å². The Labute approximate surface area is 89.6 Å². The quantitative estimate of drug-likeness (QED) is 0.437. The van der Waals surface area contributed by atoms with Crippen LogP contribution < -0.4 is 5.59 Å². The van der Waals surface area contributed by atoms with Gasteiger partial charge in [-0.15, -0.1) is 0 Å². The molecule has 0 atom stereocenters. The van der Waals surface area contributed by atoms with E-state index in [1.54, 1.807) is 7.85 Å². The molecule has 0 aromatic carbocycles. The third kappa shape index (κ3) is 2.13. The van der Waals surface area contributed by atoms with E-state index in [9.17, 15) is 10.1 Å². The van der Waals surface area contributed by atoms with Crippen molar-refractivity contribution in [2.75, 3.05) is 6.61 Å². The van der Waals surface area contributed by atoms with Gasteiger partial charge in [0.25, 0.3) is 0 Å². The molecule has 0 saturated carbocycles. The van der Waals surface area contributed by atoms with Gasteiger partial charge in [-0.25, -0.2) is 0 Å². The van der Waals surface area contributed by atoms with Crippen LogP contribution in [-0.2, 0) is 6.54 Å². The van der Waals surface area contributed by atoms with E-state index < -0.39 is 4.92 Å². The first-order valence-corrected chi connectivity index (χ1v) is 4.85. The van der Waals surface area contributed by atoms with Crippen molar-refractivity contribution in [1.82, 2.24) is 9.78 Å². The molecule has 0 saturated heterocycles. The highest BCUT2D eigenvalue weighted by Gasteiger charge is 2.22. The molecule has 76 valence electrons. The second-order valence-electron chi connectivity index (χ2n) is 2.78. The van der Waals surface area contributed by atoms with Gasteiger partial charge in [-0.2, -0.15) is 5.10 Å². The number of aliphatic hydroxyl groups excluding tert-OH is 1. The fourth-order valence-corrected chi connectivity index (χ4v) is 1.81. The molecule has 0 aliphatic carbocycles. The Kier molecular flexibility index (Phi) is 3.65. The predicted molar refractivity (Wildman–Crippen MR) is 56.5 cm³/mol. The summed E-state index contributed by atoms with van der Waals surface area (Å²) >= 11 is 3.11. The molecular weight excluding hydrogens is 253 g/mol. The maximum Gasteiger partial charge on any atom is 0.314 e. The van der Waals surface area contributed by atoms with E-state index in [2.05, 4.69) is 21.0 Å². The van der Waals surface area contributed by atoms with E-state index in [-0.39, 0.29) is 12.3 Å². The first-order chi connectivity index (χ1) is 6.57. The van der Waals surface area contributed by atoms with Crippen LogP contribution in [0.4, 0.5) is 5.69 Å². The first kappa shape index (κ1) is 11.2. The highest BCUT2D eigenvalue weighted by Crippen LogP contribution is 2.21. The third-order valence-corrected chi connectivity index (χ3v) is 2.53. The second kappa shape index (κ2) is 4.56. The van der Waals surface area contributed by atoms with Crippen molar-refractivity contribution in [1.29, 1.82) is 0 Å². The normalized spacial score (nSPS) is 10.4. The second-order valence-corrected chi connectivity index (χ2v) is 3.53. The molecule has 0 radical (unpaired) electrons. The summed E-state index contributed by atoms with van der Waals surface area (Å²) in [6.45, 7) is 0.505. The van der Waals surface area contributed by atoms with Crippen molar-refractivity contribution in [2.45, 2.75) is 13.0 Å². The molecule has 8 heteroatoms. The van der Waals surface area contributed by atoms with Crippen molar-refractivity contribution in [3.05, 3.63) is 14.7 Å². The lowest BCUT2D eigenvalue weighted by molar-refractivity contribution is -0.384. The van der Waals surface area contributed by atoms with Crippen LogP contribution in [0, 0.1) is 10.1 Å². The number of rotatable bonds is 4. The molecule has 1 heterocycles. The zero-order valence-electron chi connectivity index (χ0n) is 7.60. The minimum absolute atomic E-state index is 0.0112. The summed E-state index contributed by atoms with van der Waals surface area (Å²) in [6, 6.07) is 0. The highest BCUT2D eigenvalue weighted by atomic mass is 79.9. The predicted octanol–water partition coefficient (Wildman–Crippen LogP) is -0.805. The molecule has 0 fully saturated rings. The monoisotopic (exact) mass is 261 g/mol. The summed E-state index contributed by atoms with van der Waals surface area (Å²) in [4.78, 5) is 10.1. The number of aliphatic hydroxyl groups is 1. The van der Waals surface area contributed by atoms with Crippen molar-refractivity contribution >= 4 is 35.1 Å². The van der Waals surface area contributed by atoms with E-state index in [1.807, 2.05) is 0 Å². The molecule has 1 N–H and O–H groups in total. The molecule has 1 aromatic heterocycles. The molecule has 0 aliphatic heterocycles. The van der Waals surface area contributed by atoms with E-state index in [4.69, 9.17) is 5.11 Å². The average Bonchev–Trinajstić information content (AvgIpc) is 2.38. The molecule has 0 aliphatic rings. The number of hydrogen-bond donors (Lipinski definition) is 1. The van der Waals surface area contributed by atoms with Gasteiger partial charge in [0.1, 0.15) is 0 Å². The van der Waals surface area contributed by atoms with Crippen LogP contribution in [0.5, 0.6) is 0 Å². The van der Waals surface area contributed by atoms with Gasteiger partial charge in [0, 0.05) is 13.2 Å². The average molecular weight is 262 g/mol. The Balaban J connectivity index is 2.98. The van der Waals surface area contributed by atoms with E-state index in [1.165, 1.54) is 4.68 Å². The van der Waals surface area contributed by atoms with E-state index in [0.29, 0.717) is 23.2 Å². The lowest BCUT2D eigenvalue weighted by atomic mass is 10.0. The van der Waals surface area contributed by atoms with Crippen LogP contribution in [0.1, 0.15) is 6.42 Å². The fraction of sp³-hybridized carbons (Fsp3) is 0.500.